The Hall–Kier alpha value is -0.380. The molecule has 2 fully saturated rings. The van der Waals surface area contributed by atoms with Gasteiger partial charge in [-0.1, -0.05) is 18.9 Å². The van der Waals surface area contributed by atoms with Crippen LogP contribution in [0.5, 0.6) is 0 Å². The molecular formula is C18H30N2S. The van der Waals surface area contributed by atoms with Crippen molar-refractivity contribution in [2.45, 2.75) is 70.5 Å². The average molecular weight is 307 g/mol. The van der Waals surface area contributed by atoms with Crippen molar-refractivity contribution in [2.24, 2.45) is 17.6 Å². The first-order valence-corrected chi connectivity index (χ1v) is 9.52. The number of nitrogens with zero attached hydrogens (tertiary/aromatic N) is 1. The van der Waals surface area contributed by atoms with Gasteiger partial charge in [0.2, 0.25) is 0 Å². The average Bonchev–Trinajstić information content (AvgIpc) is 3.22. The van der Waals surface area contributed by atoms with E-state index < -0.39 is 0 Å². The maximum Gasteiger partial charge on any atom is 0.0341 e. The Morgan fingerprint density at radius 1 is 1.33 bits per heavy atom. The zero-order chi connectivity index (χ0) is 14.9. The van der Waals surface area contributed by atoms with E-state index in [-0.39, 0.29) is 5.54 Å². The number of thiophene rings is 1. The first-order valence-electron chi connectivity index (χ1n) is 8.64. The largest absolute Gasteiger partial charge is 0.329 e. The van der Waals surface area contributed by atoms with Gasteiger partial charge in [-0.25, -0.2) is 0 Å². The van der Waals surface area contributed by atoms with Gasteiger partial charge in [0.15, 0.2) is 0 Å². The molecule has 0 aromatic carbocycles. The lowest BCUT2D eigenvalue weighted by Crippen LogP contribution is -2.58. The fourth-order valence-electron chi connectivity index (χ4n) is 4.39. The molecule has 21 heavy (non-hydrogen) atoms. The molecule has 3 rings (SSSR count). The van der Waals surface area contributed by atoms with Crippen molar-refractivity contribution in [3.05, 3.63) is 22.4 Å². The summed E-state index contributed by atoms with van der Waals surface area (Å²) in [6, 6.07) is 5.00. The van der Waals surface area contributed by atoms with Crippen LogP contribution < -0.4 is 5.73 Å². The fourth-order valence-corrected chi connectivity index (χ4v) is 5.09. The van der Waals surface area contributed by atoms with Gasteiger partial charge >= 0.3 is 0 Å². The highest BCUT2D eigenvalue weighted by Gasteiger charge is 2.45. The molecule has 0 radical (unpaired) electrons. The zero-order valence-corrected chi connectivity index (χ0v) is 14.4. The number of rotatable bonds is 6. The topological polar surface area (TPSA) is 29.3 Å². The van der Waals surface area contributed by atoms with Crippen LogP contribution in [0.3, 0.4) is 0 Å². The number of hydrogen-bond acceptors (Lipinski definition) is 3. The van der Waals surface area contributed by atoms with Crippen molar-refractivity contribution in [1.29, 1.82) is 0 Å². The molecule has 118 valence electrons. The van der Waals surface area contributed by atoms with Crippen LogP contribution in [-0.2, 0) is 6.54 Å². The van der Waals surface area contributed by atoms with Crippen LogP contribution in [-0.4, -0.2) is 23.0 Å². The molecule has 1 aromatic rings. The Balaban J connectivity index is 1.79. The summed E-state index contributed by atoms with van der Waals surface area (Å²) in [4.78, 5) is 4.19. The first kappa shape index (κ1) is 15.5. The molecule has 2 atom stereocenters. The van der Waals surface area contributed by atoms with E-state index in [4.69, 9.17) is 5.73 Å². The minimum Gasteiger partial charge on any atom is -0.329 e. The molecule has 2 N–H and O–H groups in total. The van der Waals surface area contributed by atoms with Crippen molar-refractivity contribution in [3.8, 4) is 0 Å². The third-order valence-electron chi connectivity index (χ3n) is 5.67. The molecule has 2 saturated carbocycles. The number of nitrogens with two attached hydrogens (primary N) is 1. The van der Waals surface area contributed by atoms with Gasteiger partial charge in [-0.05, 0) is 62.8 Å². The molecule has 3 heteroatoms. The second-order valence-corrected chi connectivity index (χ2v) is 8.46. The Bertz CT molecular complexity index is 438. The van der Waals surface area contributed by atoms with E-state index in [1.807, 2.05) is 11.3 Å². The van der Waals surface area contributed by atoms with E-state index in [0.29, 0.717) is 6.04 Å². The minimum absolute atomic E-state index is 0.240. The van der Waals surface area contributed by atoms with Gasteiger partial charge in [0, 0.05) is 29.5 Å². The molecular weight excluding hydrogens is 276 g/mol. The maximum atomic E-state index is 6.35. The predicted octanol–water partition coefficient (Wildman–Crippen LogP) is 4.26. The Labute approximate surface area is 133 Å². The number of hydrogen-bond donors (Lipinski definition) is 1. The Morgan fingerprint density at radius 2 is 2.14 bits per heavy atom. The standard InChI is InChI=1S/C18H30N2S/c1-14(2)20(12-17-6-4-10-21-17)18(13-19)9-3-5-16(11-18)15-7-8-15/h4,6,10,14-16H,3,5,7-9,11-13,19H2,1-2H3. The summed E-state index contributed by atoms with van der Waals surface area (Å²) in [6.45, 7) is 6.57. The van der Waals surface area contributed by atoms with Crippen LogP contribution >= 0.6 is 11.3 Å². The molecule has 1 heterocycles. The third kappa shape index (κ3) is 3.35. The second kappa shape index (κ2) is 6.39. The van der Waals surface area contributed by atoms with Crippen LogP contribution in [0.25, 0.3) is 0 Å². The van der Waals surface area contributed by atoms with Gasteiger partial charge < -0.3 is 5.73 Å². The summed E-state index contributed by atoms with van der Waals surface area (Å²) < 4.78 is 0. The molecule has 0 bridgehead atoms. The molecule has 0 amide bonds. The smallest absolute Gasteiger partial charge is 0.0341 e. The monoisotopic (exact) mass is 306 g/mol. The van der Waals surface area contributed by atoms with Crippen molar-refractivity contribution in [2.75, 3.05) is 6.54 Å². The van der Waals surface area contributed by atoms with E-state index >= 15 is 0 Å². The molecule has 0 spiro atoms. The summed E-state index contributed by atoms with van der Waals surface area (Å²) in [6.07, 6.45) is 8.37. The normalized spacial score (nSPS) is 30.2. The third-order valence-corrected chi connectivity index (χ3v) is 6.53. The summed E-state index contributed by atoms with van der Waals surface area (Å²) in [7, 11) is 0. The Morgan fingerprint density at radius 3 is 2.71 bits per heavy atom. The van der Waals surface area contributed by atoms with Crippen molar-refractivity contribution >= 4 is 11.3 Å². The van der Waals surface area contributed by atoms with Gasteiger partial charge in [-0.15, -0.1) is 11.3 Å². The van der Waals surface area contributed by atoms with Crippen LogP contribution in [0.2, 0.25) is 0 Å². The summed E-state index contributed by atoms with van der Waals surface area (Å²) in [5, 5.41) is 2.19. The van der Waals surface area contributed by atoms with E-state index in [1.165, 1.54) is 43.4 Å². The lowest BCUT2D eigenvalue weighted by Gasteiger charge is -2.50. The van der Waals surface area contributed by atoms with Crippen molar-refractivity contribution in [1.82, 2.24) is 4.90 Å². The molecule has 1 aromatic heterocycles. The highest BCUT2D eigenvalue weighted by atomic mass is 32.1. The minimum atomic E-state index is 0.240. The lowest BCUT2D eigenvalue weighted by molar-refractivity contribution is 0.00202. The summed E-state index contributed by atoms with van der Waals surface area (Å²) in [5.74, 6) is 1.96. The second-order valence-electron chi connectivity index (χ2n) is 7.42. The highest BCUT2D eigenvalue weighted by Crippen LogP contribution is 2.48. The maximum absolute atomic E-state index is 6.35. The van der Waals surface area contributed by atoms with Crippen LogP contribution in [0, 0.1) is 11.8 Å². The molecule has 2 unspecified atom stereocenters. The molecule has 0 aliphatic heterocycles. The zero-order valence-electron chi connectivity index (χ0n) is 13.6. The highest BCUT2D eigenvalue weighted by molar-refractivity contribution is 7.09. The molecule has 2 nitrogen and oxygen atoms in total. The van der Waals surface area contributed by atoms with Crippen molar-refractivity contribution in [3.63, 3.8) is 0 Å². The van der Waals surface area contributed by atoms with Gasteiger partial charge in [-0.2, -0.15) is 0 Å². The van der Waals surface area contributed by atoms with Gasteiger partial charge in [0.1, 0.15) is 0 Å². The molecule has 0 saturated heterocycles. The van der Waals surface area contributed by atoms with E-state index in [2.05, 4.69) is 36.3 Å². The summed E-state index contributed by atoms with van der Waals surface area (Å²) >= 11 is 1.88. The fraction of sp³-hybridized carbons (Fsp3) is 0.778. The first-order chi connectivity index (χ1) is 10.1. The lowest BCUT2D eigenvalue weighted by atomic mass is 9.72. The van der Waals surface area contributed by atoms with Gasteiger partial charge in [-0.3, -0.25) is 4.90 Å². The SMILES string of the molecule is CC(C)N(Cc1cccs1)C1(CN)CCCC(C2CC2)C1. The van der Waals surface area contributed by atoms with E-state index in [0.717, 1.165) is 24.9 Å². The van der Waals surface area contributed by atoms with Crippen LogP contribution in [0.15, 0.2) is 17.5 Å². The van der Waals surface area contributed by atoms with E-state index in [9.17, 15) is 0 Å². The van der Waals surface area contributed by atoms with Gasteiger partial charge in [0.05, 0.1) is 0 Å². The predicted molar refractivity (Wildman–Crippen MR) is 91.5 cm³/mol. The van der Waals surface area contributed by atoms with E-state index in [1.54, 1.807) is 0 Å². The van der Waals surface area contributed by atoms with Crippen LogP contribution in [0.1, 0.15) is 57.2 Å². The molecule has 2 aliphatic carbocycles. The van der Waals surface area contributed by atoms with Gasteiger partial charge in [0.25, 0.3) is 0 Å². The summed E-state index contributed by atoms with van der Waals surface area (Å²) in [5.41, 5.74) is 6.59. The van der Waals surface area contributed by atoms with Crippen LogP contribution in [0.4, 0.5) is 0 Å². The molecule has 2 aliphatic rings. The quantitative estimate of drug-likeness (QED) is 0.851. The van der Waals surface area contributed by atoms with Crippen molar-refractivity contribution < 1.29 is 0 Å². The Kier molecular flexibility index (Phi) is 4.72.